The molecule has 92 valence electrons. The molecule has 1 aromatic carbocycles. The molecule has 1 rings (SSSR count). The maximum atomic E-state index is 12.1. The Kier molecular flexibility index (Phi) is 5.12. The van der Waals surface area contributed by atoms with Crippen molar-refractivity contribution in [2.45, 2.75) is 6.92 Å². The molecule has 0 saturated heterocycles. The molecule has 17 heavy (non-hydrogen) atoms. The highest BCUT2D eigenvalue weighted by atomic mass is 35.5. The second-order valence-electron chi connectivity index (χ2n) is 3.59. The van der Waals surface area contributed by atoms with Crippen molar-refractivity contribution >= 4 is 23.4 Å². The van der Waals surface area contributed by atoms with Gasteiger partial charge in [0, 0.05) is 30.6 Å². The highest BCUT2D eigenvalue weighted by molar-refractivity contribution is 6.31. The van der Waals surface area contributed by atoms with Crippen LogP contribution in [0.4, 0.5) is 0 Å². The van der Waals surface area contributed by atoms with Gasteiger partial charge in [-0.15, -0.1) is 0 Å². The molecule has 0 aliphatic carbocycles. The zero-order valence-electron chi connectivity index (χ0n) is 9.87. The highest BCUT2D eigenvalue weighted by Crippen LogP contribution is 2.12. The lowest BCUT2D eigenvalue weighted by Gasteiger charge is -2.19. The van der Waals surface area contributed by atoms with E-state index in [1.807, 2.05) is 0 Å². The lowest BCUT2D eigenvalue weighted by Crippen LogP contribution is -2.39. The van der Waals surface area contributed by atoms with E-state index in [-0.39, 0.29) is 11.8 Å². The molecule has 0 fully saturated rings. The Morgan fingerprint density at radius 3 is 2.65 bits per heavy atom. The van der Waals surface area contributed by atoms with Crippen LogP contribution in [0.5, 0.6) is 0 Å². The Hall–Kier alpha value is -1.39. The minimum atomic E-state index is -0.324. The zero-order chi connectivity index (χ0) is 12.8. The van der Waals surface area contributed by atoms with E-state index in [2.05, 4.69) is 5.32 Å². The first-order valence-corrected chi connectivity index (χ1v) is 5.66. The molecule has 1 N–H and O–H groups in total. The van der Waals surface area contributed by atoms with Gasteiger partial charge in [-0.3, -0.25) is 14.5 Å². The monoisotopic (exact) mass is 254 g/mol. The van der Waals surface area contributed by atoms with E-state index in [1.54, 1.807) is 31.3 Å². The normalized spacial score (nSPS) is 10.1. The van der Waals surface area contributed by atoms with Crippen molar-refractivity contribution in [2.24, 2.45) is 0 Å². The number of amides is 2. The number of carbonyl (C=O) groups is 2. The van der Waals surface area contributed by atoms with Gasteiger partial charge in [-0.05, 0) is 25.2 Å². The minimum Gasteiger partial charge on any atom is -0.318 e. The zero-order valence-corrected chi connectivity index (χ0v) is 10.6. The van der Waals surface area contributed by atoms with Crippen molar-refractivity contribution < 1.29 is 9.59 Å². The minimum absolute atomic E-state index is 0.273. The molecule has 2 amide bonds. The number of nitrogens with one attached hydrogen (secondary N) is 1. The second kappa shape index (κ2) is 6.37. The first kappa shape index (κ1) is 13.7. The number of rotatable bonds is 4. The summed E-state index contributed by atoms with van der Waals surface area (Å²) in [4.78, 5) is 24.7. The third-order valence-electron chi connectivity index (χ3n) is 2.28. The fourth-order valence-corrected chi connectivity index (χ4v) is 1.59. The predicted molar refractivity (Wildman–Crippen MR) is 67.1 cm³/mol. The van der Waals surface area contributed by atoms with Crippen LogP contribution in [0.25, 0.3) is 0 Å². The van der Waals surface area contributed by atoms with E-state index in [4.69, 9.17) is 11.6 Å². The van der Waals surface area contributed by atoms with Gasteiger partial charge < -0.3 is 5.32 Å². The first-order valence-electron chi connectivity index (χ1n) is 5.29. The smallest absolute Gasteiger partial charge is 0.260 e. The molecule has 0 saturated carbocycles. The van der Waals surface area contributed by atoms with Crippen molar-refractivity contribution in [2.75, 3.05) is 20.1 Å². The molecular formula is C12H15ClN2O2. The average Bonchev–Trinajstić information content (AvgIpc) is 2.29. The quantitative estimate of drug-likeness (QED) is 0.887. The molecule has 0 radical (unpaired) electrons. The maximum absolute atomic E-state index is 12.1. The van der Waals surface area contributed by atoms with Gasteiger partial charge in [0.05, 0.1) is 0 Å². The molecular weight excluding hydrogens is 240 g/mol. The number of nitrogens with zero attached hydrogens (tertiary/aromatic N) is 1. The van der Waals surface area contributed by atoms with Crippen LogP contribution in [0.2, 0.25) is 5.02 Å². The van der Waals surface area contributed by atoms with Gasteiger partial charge in [-0.2, -0.15) is 0 Å². The Morgan fingerprint density at radius 1 is 1.41 bits per heavy atom. The summed E-state index contributed by atoms with van der Waals surface area (Å²) in [5.41, 5.74) is 0.420. The van der Waals surface area contributed by atoms with Gasteiger partial charge in [0.15, 0.2) is 0 Å². The molecule has 0 spiro atoms. The van der Waals surface area contributed by atoms with Crippen LogP contribution in [0.15, 0.2) is 24.3 Å². The van der Waals surface area contributed by atoms with E-state index in [1.165, 1.54) is 11.8 Å². The van der Waals surface area contributed by atoms with E-state index < -0.39 is 0 Å². The van der Waals surface area contributed by atoms with Crippen molar-refractivity contribution in [3.8, 4) is 0 Å². The molecule has 0 unspecified atom stereocenters. The standard InChI is InChI=1S/C12H15ClN2O2/c1-9(16)15(7-6-14-2)12(17)10-4-3-5-11(13)8-10/h3-5,8,14H,6-7H2,1-2H3. The van der Waals surface area contributed by atoms with E-state index >= 15 is 0 Å². The molecule has 1 aromatic rings. The largest absolute Gasteiger partial charge is 0.318 e. The Morgan fingerprint density at radius 2 is 2.12 bits per heavy atom. The molecule has 0 aliphatic rings. The van der Waals surface area contributed by atoms with Gasteiger partial charge in [0.2, 0.25) is 5.91 Å². The lowest BCUT2D eigenvalue weighted by molar-refractivity contribution is -0.126. The third kappa shape index (κ3) is 3.84. The molecule has 0 bridgehead atoms. The fraction of sp³-hybridized carbons (Fsp3) is 0.333. The summed E-state index contributed by atoms with van der Waals surface area (Å²) in [6.45, 7) is 2.28. The van der Waals surface area contributed by atoms with Crippen LogP contribution < -0.4 is 5.32 Å². The van der Waals surface area contributed by atoms with Crippen molar-refractivity contribution in [3.63, 3.8) is 0 Å². The number of carbonyl (C=O) groups excluding carboxylic acids is 2. The molecule has 0 aliphatic heterocycles. The maximum Gasteiger partial charge on any atom is 0.260 e. The van der Waals surface area contributed by atoms with Gasteiger partial charge in [0.25, 0.3) is 5.91 Å². The SMILES string of the molecule is CNCCN(C(C)=O)C(=O)c1cccc(Cl)c1. The lowest BCUT2D eigenvalue weighted by atomic mass is 10.2. The Bertz CT molecular complexity index is 421. The van der Waals surface area contributed by atoms with E-state index in [0.717, 1.165) is 0 Å². The van der Waals surface area contributed by atoms with Crippen LogP contribution in [0.1, 0.15) is 17.3 Å². The van der Waals surface area contributed by atoms with Crippen LogP contribution in [-0.2, 0) is 4.79 Å². The van der Waals surface area contributed by atoms with Gasteiger partial charge >= 0.3 is 0 Å². The summed E-state index contributed by atoms with van der Waals surface area (Å²) >= 11 is 5.81. The fourth-order valence-electron chi connectivity index (χ4n) is 1.40. The Labute approximate surface area is 106 Å². The number of benzene rings is 1. The highest BCUT2D eigenvalue weighted by Gasteiger charge is 2.19. The van der Waals surface area contributed by atoms with Gasteiger partial charge in [-0.25, -0.2) is 0 Å². The van der Waals surface area contributed by atoms with Crippen molar-refractivity contribution in [1.29, 1.82) is 0 Å². The predicted octanol–water partition coefficient (Wildman–Crippen LogP) is 1.55. The van der Waals surface area contributed by atoms with E-state index in [0.29, 0.717) is 23.7 Å². The molecule has 5 heteroatoms. The third-order valence-corrected chi connectivity index (χ3v) is 2.52. The van der Waals surface area contributed by atoms with E-state index in [9.17, 15) is 9.59 Å². The van der Waals surface area contributed by atoms with Gasteiger partial charge in [0.1, 0.15) is 0 Å². The van der Waals surface area contributed by atoms with Crippen LogP contribution >= 0.6 is 11.6 Å². The van der Waals surface area contributed by atoms with Crippen molar-refractivity contribution in [1.82, 2.24) is 10.2 Å². The first-order chi connectivity index (χ1) is 8.06. The molecule has 4 nitrogen and oxygen atoms in total. The number of likely N-dealkylation sites (N-methyl/N-ethyl adjacent to an activating group) is 1. The number of hydrogen-bond donors (Lipinski definition) is 1. The summed E-state index contributed by atoms with van der Waals surface area (Å²) < 4.78 is 0. The van der Waals surface area contributed by atoms with Crippen LogP contribution in [-0.4, -0.2) is 36.9 Å². The summed E-state index contributed by atoms with van der Waals surface area (Å²) in [5.74, 6) is -0.597. The molecule has 0 aromatic heterocycles. The molecule has 0 atom stereocenters. The topological polar surface area (TPSA) is 49.4 Å². The Balaban J connectivity index is 2.88. The average molecular weight is 255 g/mol. The number of imide groups is 1. The summed E-state index contributed by atoms with van der Waals surface area (Å²) in [6, 6.07) is 6.57. The van der Waals surface area contributed by atoms with Gasteiger partial charge in [-0.1, -0.05) is 17.7 Å². The van der Waals surface area contributed by atoms with Crippen molar-refractivity contribution in [3.05, 3.63) is 34.9 Å². The summed E-state index contributed by atoms with van der Waals surface area (Å²) in [5, 5.41) is 3.38. The van der Waals surface area contributed by atoms with Crippen LogP contribution in [0.3, 0.4) is 0 Å². The molecule has 0 heterocycles. The summed E-state index contributed by atoms with van der Waals surface area (Å²) in [6.07, 6.45) is 0. The number of halogens is 1. The summed E-state index contributed by atoms with van der Waals surface area (Å²) in [7, 11) is 1.77. The number of hydrogen-bond acceptors (Lipinski definition) is 3. The van der Waals surface area contributed by atoms with Crippen LogP contribution in [0, 0.1) is 0 Å². The second-order valence-corrected chi connectivity index (χ2v) is 4.03.